The molecular weight excluding hydrogens is 248 g/mol. The van der Waals surface area contributed by atoms with E-state index in [0.29, 0.717) is 0 Å². The summed E-state index contributed by atoms with van der Waals surface area (Å²) < 4.78 is 0. The van der Waals surface area contributed by atoms with Crippen LogP contribution in [0.2, 0.25) is 5.02 Å². The van der Waals surface area contributed by atoms with Gasteiger partial charge in [0.15, 0.2) is 0 Å². The van der Waals surface area contributed by atoms with E-state index in [4.69, 9.17) is 17.3 Å². The summed E-state index contributed by atoms with van der Waals surface area (Å²) in [6, 6.07) is 7.57. The highest BCUT2D eigenvalue weighted by Crippen LogP contribution is 2.16. The van der Waals surface area contributed by atoms with Crippen LogP contribution in [0.5, 0.6) is 0 Å². The van der Waals surface area contributed by atoms with Crippen LogP contribution in [-0.4, -0.2) is 18.0 Å². The summed E-state index contributed by atoms with van der Waals surface area (Å²) in [6.45, 7) is 5.64. The first-order chi connectivity index (χ1) is 8.41. The summed E-state index contributed by atoms with van der Waals surface area (Å²) in [5.74, 6) is -0.191. The molecule has 0 bridgehead atoms. The highest BCUT2D eigenvalue weighted by atomic mass is 35.5. The van der Waals surface area contributed by atoms with E-state index in [0.717, 1.165) is 17.0 Å². The van der Waals surface area contributed by atoms with Crippen molar-refractivity contribution >= 4 is 17.5 Å². The second-order valence-corrected chi connectivity index (χ2v) is 5.26. The lowest BCUT2D eigenvalue weighted by Crippen LogP contribution is -2.43. The van der Waals surface area contributed by atoms with Gasteiger partial charge in [-0.05, 0) is 31.9 Å². The van der Waals surface area contributed by atoms with E-state index in [1.54, 1.807) is 0 Å². The fourth-order valence-corrected chi connectivity index (χ4v) is 1.87. The Hall–Kier alpha value is -1.06. The van der Waals surface area contributed by atoms with Gasteiger partial charge < -0.3 is 11.1 Å². The summed E-state index contributed by atoms with van der Waals surface area (Å²) in [4.78, 5) is 11.8. The van der Waals surface area contributed by atoms with E-state index in [9.17, 15) is 4.79 Å². The fraction of sp³-hybridized carbons (Fsp3) is 0.500. The zero-order chi connectivity index (χ0) is 13.7. The van der Waals surface area contributed by atoms with Gasteiger partial charge in [-0.1, -0.05) is 36.7 Å². The third-order valence-corrected chi connectivity index (χ3v) is 3.44. The molecule has 3 N–H and O–H groups in total. The Kier molecular flexibility index (Phi) is 5.63. The molecule has 1 rings (SSSR count). The van der Waals surface area contributed by atoms with Crippen LogP contribution in [0.25, 0.3) is 0 Å². The predicted molar refractivity (Wildman–Crippen MR) is 75.6 cm³/mol. The van der Waals surface area contributed by atoms with Gasteiger partial charge in [0.05, 0.1) is 0 Å². The van der Waals surface area contributed by atoms with Crippen LogP contribution in [0.1, 0.15) is 26.3 Å². The number of benzene rings is 1. The summed E-state index contributed by atoms with van der Waals surface area (Å²) in [5.41, 5.74) is 6.75. The molecule has 1 amide bonds. The van der Waals surface area contributed by atoms with Crippen LogP contribution < -0.4 is 11.1 Å². The maximum atomic E-state index is 11.8. The van der Waals surface area contributed by atoms with Crippen molar-refractivity contribution < 1.29 is 4.79 Å². The number of halogens is 1. The van der Waals surface area contributed by atoms with Crippen molar-refractivity contribution in [2.45, 2.75) is 39.3 Å². The minimum Gasteiger partial charge on any atom is -0.353 e. The summed E-state index contributed by atoms with van der Waals surface area (Å²) in [7, 11) is 0. The fourth-order valence-electron chi connectivity index (χ4n) is 1.66. The van der Waals surface area contributed by atoms with Crippen LogP contribution in [0.15, 0.2) is 24.3 Å². The molecule has 4 heteroatoms. The summed E-state index contributed by atoms with van der Waals surface area (Å²) >= 11 is 6.09. The van der Waals surface area contributed by atoms with Crippen molar-refractivity contribution in [3.63, 3.8) is 0 Å². The number of carbonyl (C=O) groups excluding carboxylic acids is 1. The Morgan fingerprint density at radius 2 is 1.94 bits per heavy atom. The van der Waals surface area contributed by atoms with Crippen molar-refractivity contribution in [1.29, 1.82) is 0 Å². The molecule has 18 heavy (non-hydrogen) atoms. The Balaban J connectivity index is 2.55. The molecular formula is C14H21ClN2O. The first kappa shape index (κ1) is 15.0. The SMILES string of the molecule is CC(Cc1ccccc1Cl)NC(=O)C(C)C(C)N. The molecule has 100 valence electrons. The number of hydrogen-bond acceptors (Lipinski definition) is 2. The van der Waals surface area contributed by atoms with Gasteiger partial charge in [-0.2, -0.15) is 0 Å². The van der Waals surface area contributed by atoms with Crippen LogP contribution in [0.3, 0.4) is 0 Å². The summed E-state index contributed by atoms with van der Waals surface area (Å²) in [5, 5.41) is 3.69. The Labute approximate surface area is 114 Å². The molecule has 0 heterocycles. The molecule has 0 aromatic heterocycles. The molecule has 3 unspecified atom stereocenters. The van der Waals surface area contributed by atoms with Crippen LogP contribution in [0.4, 0.5) is 0 Å². The average Bonchev–Trinajstić information content (AvgIpc) is 2.30. The van der Waals surface area contributed by atoms with Crippen molar-refractivity contribution in [3.05, 3.63) is 34.9 Å². The van der Waals surface area contributed by atoms with Crippen LogP contribution in [-0.2, 0) is 11.2 Å². The monoisotopic (exact) mass is 268 g/mol. The van der Waals surface area contributed by atoms with Crippen LogP contribution >= 0.6 is 11.6 Å². The van der Waals surface area contributed by atoms with Gasteiger partial charge in [0, 0.05) is 23.0 Å². The molecule has 0 fully saturated rings. The van der Waals surface area contributed by atoms with Gasteiger partial charge in [0.25, 0.3) is 0 Å². The van der Waals surface area contributed by atoms with Crippen molar-refractivity contribution in [1.82, 2.24) is 5.32 Å². The first-order valence-electron chi connectivity index (χ1n) is 6.21. The number of rotatable bonds is 5. The highest BCUT2D eigenvalue weighted by molar-refractivity contribution is 6.31. The molecule has 3 atom stereocenters. The normalized spacial score (nSPS) is 15.8. The minimum atomic E-state index is -0.182. The third-order valence-electron chi connectivity index (χ3n) is 3.07. The molecule has 0 saturated heterocycles. The van der Waals surface area contributed by atoms with Gasteiger partial charge in [-0.25, -0.2) is 0 Å². The smallest absolute Gasteiger partial charge is 0.224 e. The molecule has 0 aliphatic carbocycles. The maximum absolute atomic E-state index is 11.8. The van der Waals surface area contributed by atoms with E-state index in [1.165, 1.54) is 0 Å². The Morgan fingerprint density at radius 3 is 2.50 bits per heavy atom. The maximum Gasteiger partial charge on any atom is 0.224 e. The van der Waals surface area contributed by atoms with Crippen molar-refractivity contribution in [2.75, 3.05) is 0 Å². The Bertz CT molecular complexity index is 407. The molecule has 1 aromatic carbocycles. The molecule has 0 aliphatic rings. The largest absolute Gasteiger partial charge is 0.353 e. The van der Waals surface area contributed by atoms with Gasteiger partial charge in [-0.15, -0.1) is 0 Å². The van der Waals surface area contributed by atoms with E-state index in [1.807, 2.05) is 45.0 Å². The van der Waals surface area contributed by atoms with E-state index >= 15 is 0 Å². The molecule has 1 aromatic rings. The molecule has 0 saturated carbocycles. The number of nitrogens with two attached hydrogens (primary N) is 1. The van der Waals surface area contributed by atoms with Crippen molar-refractivity contribution in [2.24, 2.45) is 11.7 Å². The van der Waals surface area contributed by atoms with E-state index in [2.05, 4.69) is 5.32 Å². The Morgan fingerprint density at radius 1 is 1.33 bits per heavy atom. The van der Waals surface area contributed by atoms with Gasteiger partial charge in [0.1, 0.15) is 0 Å². The first-order valence-corrected chi connectivity index (χ1v) is 6.59. The quantitative estimate of drug-likeness (QED) is 0.861. The van der Waals surface area contributed by atoms with E-state index < -0.39 is 0 Å². The van der Waals surface area contributed by atoms with Crippen molar-refractivity contribution in [3.8, 4) is 0 Å². The summed E-state index contributed by atoms with van der Waals surface area (Å²) in [6.07, 6.45) is 0.719. The zero-order valence-electron chi connectivity index (χ0n) is 11.1. The second-order valence-electron chi connectivity index (χ2n) is 4.85. The average molecular weight is 269 g/mol. The lowest BCUT2D eigenvalue weighted by molar-refractivity contribution is -0.125. The van der Waals surface area contributed by atoms with Gasteiger partial charge in [0.2, 0.25) is 5.91 Å². The number of nitrogens with one attached hydrogen (secondary N) is 1. The molecule has 0 spiro atoms. The number of carbonyl (C=O) groups is 1. The lowest BCUT2D eigenvalue weighted by Gasteiger charge is -2.20. The third kappa shape index (κ3) is 4.31. The van der Waals surface area contributed by atoms with Crippen LogP contribution in [0, 0.1) is 5.92 Å². The lowest BCUT2D eigenvalue weighted by atomic mass is 10.0. The number of hydrogen-bond donors (Lipinski definition) is 2. The van der Waals surface area contributed by atoms with Gasteiger partial charge >= 0.3 is 0 Å². The minimum absolute atomic E-state index is 0.00967. The number of amides is 1. The zero-order valence-corrected chi connectivity index (χ0v) is 11.9. The topological polar surface area (TPSA) is 55.1 Å². The highest BCUT2D eigenvalue weighted by Gasteiger charge is 2.18. The molecule has 3 nitrogen and oxygen atoms in total. The van der Waals surface area contributed by atoms with E-state index in [-0.39, 0.29) is 23.9 Å². The molecule has 0 aliphatic heterocycles. The molecule has 0 radical (unpaired) electrons. The standard InChI is InChI=1S/C14H21ClN2O/c1-9(17-14(18)10(2)11(3)16)8-12-6-4-5-7-13(12)15/h4-7,9-11H,8,16H2,1-3H3,(H,17,18). The second kappa shape index (κ2) is 6.76. The van der Waals surface area contributed by atoms with Gasteiger partial charge in [-0.3, -0.25) is 4.79 Å². The predicted octanol–water partition coefficient (Wildman–Crippen LogP) is 2.37.